The third-order valence-electron chi connectivity index (χ3n) is 4.14. The fourth-order valence-corrected chi connectivity index (χ4v) is 2.46. The first-order valence-electron chi connectivity index (χ1n) is 6.25. The Hall–Kier alpha value is -1.14. The smallest absolute Gasteiger partial charge is 0.313 e. The predicted octanol–water partition coefficient (Wildman–Crippen LogP) is -0.136. The van der Waals surface area contributed by atoms with Crippen LogP contribution in [-0.4, -0.2) is 41.8 Å². The standard InChI is InChI=1S/C12H20N2O4/c1-11(10(16)17)7-18-6-8(11)14-9(15)5-12(13)3-2-4-12/h8H,2-7,13H2,1H3,(H,14,15)(H,16,17). The van der Waals surface area contributed by atoms with Gasteiger partial charge in [0.1, 0.15) is 5.41 Å². The Kier molecular flexibility index (Phi) is 3.33. The molecule has 1 saturated heterocycles. The van der Waals surface area contributed by atoms with E-state index in [2.05, 4.69) is 5.32 Å². The SMILES string of the molecule is CC1(C(=O)O)COCC1NC(=O)CC1(N)CCC1. The molecule has 6 nitrogen and oxygen atoms in total. The van der Waals surface area contributed by atoms with Crippen LogP contribution in [0.15, 0.2) is 0 Å². The topological polar surface area (TPSA) is 102 Å². The number of hydrogen-bond donors (Lipinski definition) is 3. The Bertz CT molecular complexity index is 367. The van der Waals surface area contributed by atoms with Crippen LogP contribution in [0.2, 0.25) is 0 Å². The van der Waals surface area contributed by atoms with E-state index in [4.69, 9.17) is 10.5 Å². The molecule has 0 aromatic carbocycles. The summed E-state index contributed by atoms with van der Waals surface area (Å²) < 4.78 is 5.18. The van der Waals surface area contributed by atoms with Crippen LogP contribution in [0.3, 0.4) is 0 Å². The Balaban J connectivity index is 1.92. The third-order valence-corrected chi connectivity index (χ3v) is 4.14. The summed E-state index contributed by atoms with van der Waals surface area (Å²) in [6, 6.07) is -0.480. The van der Waals surface area contributed by atoms with Gasteiger partial charge in [-0.25, -0.2) is 0 Å². The van der Waals surface area contributed by atoms with Crippen molar-refractivity contribution >= 4 is 11.9 Å². The van der Waals surface area contributed by atoms with E-state index in [1.165, 1.54) is 0 Å². The average Bonchev–Trinajstić information content (AvgIpc) is 2.59. The van der Waals surface area contributed by atoms with E-state index in [1.54, 1.807) is 6.92 Å². The van der Waals surface area contributed by atoms with Crippen LogP contribution in [-0.2, 0) is 14.3 Å². The van der Waals surface area contributed by atoms with E-state index < -0.39 is 17.4 Å². The van der Waals surface area contributed by atoms with Gasteiger partial charge in [0.2, 0.25) is 5.91 Å². The van der Waals surface area contributed by atoms with Crippen molar-refractivity contribution < 1.29 is 19.4 Å². The van der Waals surface area contributed by atoms with Gasteiger partial charge in [0.25, 0.3) is 0 Å². The lowest BCUT2D eigenvalue weighted by Gasteiger charge is -2.38. The minimum atomic E-state index is -1.04. The number of hydrogen-bond acceptors (Lipinski definition) is 4. The molecule has 0 radical (unpaired) electrons. The van der Waals surface area contributed by atoms with Crippen LogP contribution in [0.4, 0.5) is 0 Å². The molecule has 2 rings (SSSR count). The summed E-state index contributed by atoms with van der Waals surface area (Å²) in [4.78, 5) is 23.1. The van der Waals surface area contributed by atoms with Gasteiger partial charge in [-0.3, -0.25) is 9.59 Å². The molecule has 6 heteroatoms. The van der Waals surface area contributed by atoms with Gasteiger partial charge in [0.05, 0.1) is 19.3 Å². The Morgan fingerprint density at radius 2 is 2.17 bits per heavy atom. The second-order valence-electron chi connectivity index (χ2n) is 5.75. The van der Waals surface area contributed by atoms with Crippen LogP contribution in [0.25, 0.3) is 0 Å². The van der Waals surface area contributed by atoms with E-state index in [1.807, 2.05) is 0 Å². The molecule has 2 atom stereocenters. The van der Waals surface area contributed by atoms with Gasteiger partial charge in [-0.2, -0.15) is 0 Å². The molecule has 4 N–H and O–H groups in total. The van der Waals surface area contributed by atoms with Crippen molar-refractivity contribution in [3.63, 3.8) is 0 Å². The number of rotatable bonds is 4. The number of nitrogens with one attached hydrogen (secondary N) is 1. The van der Waals surface area contributed by atoms with Crippen molar-refractivity contribution in [3.05, 3.63) is 0 Å². The number of amides is 1. The molecule has 0 aromatic heterocycles. The molecule has 2 fully saturated rings. The fourth-order valence-electron chi connectivity index (χ4n) is 2.46. The van der Waals surface area contributed by atoms with Crippen molar-refractivity contribution in [2.24, 2.45) is 11.1 Å². The van der Waals surface area contributed by atoms with Gasteiger partial charge < -0.3 is 20.9 Å². The Morgan fingerprint density at radius 3 is 2.67 bits per heavy atom. The van der Waals surface area contributed by atoms with Gasteiger partial charge >= 0.3 is 5.97 Å². The number of aliphatic carboxylic acids is 1. The number of ether oxygens (including phenoxy) is 1. The van der Waals surface area contributed by atoms with Gasteiger partial charge in [-0.1, -0.05) is 0 Å². The first-order chi connectivity index (χ1) is 8.36. The van der Waals surface area contributed by atoms with Crippen LogP contribution in [0.5, 0.6) is 0 Å². The van der Waals surface area contributed by atoms with E-state index in [-0.39, 0.29) is 31.1 Å². The third kappa shape index (κ3) is 2.35. The number of carboxylic acids is 1. The number of carbonyl (C=O) groups is 2. The zero-order chi connectivity index (χ0) is 13.4. The van der Waals surface area contributed by atoms with Crippen molar-refractivity contribution in [1.82, 2.24) is 5.32 Å². The Labute approximate surface area is 106 Å². The number of carbonyl (C=O) groups excluding carboxylic acids is 1. The average molecular weight is 256 g/mol. The molecule has 1 aliphatic heterocycles. The van der Waals surface area contributed by atoms with E-state index in [0.717, 1.165) is 19.3 Å². The largest absolute Gasteiger partial charge is 0.481 e. The monoisotopic (exact) mass is 256 g/mol. The van der Waals surface area contributed by atoms with Crippen molar-refractivity contribution in [1.29, 1.82) is 0 Å². The van der Waals surface area contributed by atoms with Crippen molar-refractivity contribution in [3.8, 4) is 0 Å². The van der Waals surface area contributed by atoms with Gasteiger partial charge in [0, 0.05) is 12.0 Å². The second-order valence-corrected chi connectivity index (χ2v) is 5.75. The highest BCUT2D eigenvalue weighted by Gasteiger charge is 2.47. The van der Waals surface area contributed by atoms with E-state index in [0.29, 0.717) is 0 Å². The van der Waals surface area contributed by atoms with Crippen LogP contribution in [0.1, 0.15) is 32.6 Å². The first kappa shape index (κ1) is 13.3. The Morgan fingerprint density at radius 1 is 1.50 bits per heavy atom. The molecule has 1 amide bonds. The maximum Gasteiger partial charge on any atom is 0.313 e. The molecule has 1 heterocycles. The van der Waals surface area contributed by atoms with E-state index >= 15 is 0 Å². The molecule has 0 bridgehead atoms. The normalized spacial score (nSPS) is 33.8. The first-order valence-corrected chi connectivity index (χ1v) is 6.25. The molecule has 2 aliphatic rings. The highest BCUT2D eigenvalue weighted by Crippen LogP contribution is 2.33. The number of carboxylic acid groups (broad SMARTS) is 1. The van der Waals surface area contributed by atoms with Crippen molar-refractivity contribution in [2.75, 3.05) is 13.2 Å². The van der Waals surface area contributed by atoms with Crippen LogP contribution < -0.4 is 11.1 Å². The highest BCUT2D eigenvalue weighted by molar-refractivity contribution is 5.81. The molecule has 102 valence electrons. The van der Waals surface area contributed by atoms with Gasteiger partial charge in [-0.15, -0.1) is 0 Å². The molecule has 0 aromatic rings. The summed E-state index contributed by atoms with van der Waals surface area (Å²) in [5.41, 5.74) is 4.57. The summed E-state index contributed by atoms with van der Waals surface area (Å²) in [6.07, 6.45) is 3.04. The predicted molar refractivity (Wildman–Crippen MR) is 63.9 cm³/mol. The van der Waals surface area contributed by atoms with Crippen molar-refractivity contribution in [2.45, 2.75) is 44.2 Å². The van der Waals surface area contributed by atoms with Crippen LogP contribution >= 0.6 is 0 Å². The quantitative estimate of drug-likeness (QED) is 0.650. The molecule has 1 aliphatic carbocycles. The lowest BCUT2D eigenvalue weighted by Crippen LogP contribution is -2.54. The highest BCUT2D eigenvalue weighted by atomic mass is 16.5. The zero-order valence-corrected chi connectivity index (χ0v) is 10.6. The summed E-state index contributed by atoms with van der Waals surface area (Å²) in [5.74, 6) is -1.13. The van der Waals surface area contributed by atoms with Crippen LogP contribution in [0, 0.1) is 5.41 Å². The summed E-state index contributed by atoms with van der Waals surface area (Å²) in [5, 5.41) is 11.9. The molecule has 18 heavy (non-hydrogen) atoms. The maximum atomic E-state index is 11.9. The minimum absolute atomic E-state index is 0.126. The molecule has 1 saturated carbocycles. The molecular formula is C12H20N2O4. The minimum Gasteiger partial charge on any atom is -0.481 e. The van der Waals surface area contributed by atoms with Gasteiger partial charge in [-0.05, 0) is 26.2 Å². The summed E-state index contributed by atoms with van der Waals surface area (Å²) >= 11 is 0. The second kappa shape index (κ2) is 4.51. The fraction of sp³-hybridized carbons (Fsp3) is 0.833. The lowest BCUT2D eigenvalue weighted by molar-refractivity contribution is -0.149. The van der Waals surface area contributed by atoms with Gasteiger partial charge in [0.15, 0.2) is 0 Å². The summed E-state index contributed by atoms with van der Waals surface area (Å²) in [6.45, 7) is 1.96. The lowest BCUT2D eigenvalue weighted by atomic mass is 9.75. The zero-order valence-electron chi connectivity index (χ0n) is 10.6. The molecule has 0 spiro atoms. The van der Waals surface area contributed by atoms with E-state index in [9.17, 15) is 14.7 Å². The maximum absolute atomic E-state index is 11.9. The molecular weight excluding hydrogens is 236 g/mol. The number of nitrogens with two attached hydrogens (primary N) is 1. The molecule has 2 unspecified atom stereocenters. The summed E-state index contributed by atoms with van der Waals surface area (Å²) in [7, 11) is 0.